The van der Waals surface area contributed by atoms with Crippen LogP contribution in [-0.4, -0.2) is 13.2 Å². The van der Waals surface area contributed by atoms with Crippen molar-refractivity contribution >= 4 is 23.2 Å². The average molecular weight is 272 g/mol. The van der Waals surface area contributed by atoms with Crippen LogP contribution in [0.25, 0.3) is 0 Å². The number of ether oxygens (including phenoxy) is 1. The summed E-state index contributed by atoms with van der Waals surface area (Å²) in [5.74, 6) is 0.941. The highest BCUT2D eigenvalue weighted by Crippen LogP contribution is 2.32. The fraction of sp³-hybridized carbons (Fsp3) is 0.385. The molecule has 0 aromatic heterocycles. The molecule has 1 unspecified atom stereocenters. The fourth-order valence-corrected chi connectivity index (χ4v) is 2.35. The summed E-state index contributed by atoms with van der Waals surface area (Å²) < 4.78 is 5.61. The maximum atomic E-state index is 6.22. The van der Waals surface area contributed by atoms with E-state index in [0.717, 1.165) is 30.9 Å². The van der Waals surface area contributed by atoms with Gasteiger partial charge in [-0.15, -0.1) is 0 Å². The van der Waals surface area contributed by atoms with Crippen LogP contribution in [0.2, 0.25) is 10.0 Å². The van der Waals surface area contributed by atoms with Crippen LogP contribution in [0, 0.1) is 0 Å². The predicted octanol–water partition coefficient (Wildman–Crippen LogP) is 3.95. The number of likely N-dealkylation sites (N-methyl/N-ethyl adjacent to an activating group) is 1. The van der Waals surface area contributed by atoms with Gasteiger partial charge in [-0.3, -0.25) is 0 Å². The zero-order chi connectivity index (χ0) is 12.3. The molecule has 1 atom stereocenters. The molecular weight excluding hydrogens is 257 g/mol. The molecule has 0 aliphatic carbocycles. The van der Waals surface area contributed by atoms with E-state index in [1.165, 1.54) is 0 Å². The molecule has 1 aliphatic heterocycles. The van der Waals surface area contributed by atoms with Crippen LogP contribution >= 0.6 is 23.2 Å². The van der Waals surface area contributed by atoms with Crippen LogP contribution in [0.5, 0.6) is 0 Å². The van der Waals surface area contributed by atoms with Gasteiger partial charge in [-0.2, -0.15) is 0 Å². The monoisotopic (exact) mass is 271 g/mol. The van der Waals surface area contributed by atoms with Crippen molar-refractivity contribution in [2.45, 2.75) is 19.4 Å². The van der Waals surface area contributed by atoms with Crippen LogP contribution in [0.15, 0.2) is 30.0 Å². The molecule has 0 spiro atoms. The molecule has 1 aromatic rings. The Labute approximate surface area is 112 Å². The quantitative estimate of drug-likeness (QED) is 0.896. The highest BCUT2D eigenvalue weighted by Gasteiger charge is 2.22. The number of hydrogen-bond donors (Lipinski definition) is 1. The van der Waals surface area contributed by atoms with Gasteiger partial charge in [0.05, 0.1) is 12.6 Å². The van der Waals surface area contributed by atoms with Crippen LogP contribution in [0.3, 0.4) is 0 Å². The SMILES string of the molecule is CCNC(C1=CCCO1)c1cc(Cl)ccc1Cl. The van der Waals surface area contributed by atoms with Gasteiger partial charge in [-0.25, -0.2) is 0 Å². The van der Waals surface area contributed by atoms with E-state index in [2.05, 4.69) is 18.3 Å². The molecule has 1 aromatic carbocycles. The third kappa shape index (κ3) is 2.95. The zero-order valence-electron chi connectivity index (χ0n) is 9.67. The standard InChI is InChI=1S/C13H15Cl2NO/c1-2-16-13(12-4-3-7-17-12)10-8-9(14)5-6-11(10)15/h4-6,8,13,16H,2-3,7H2,1H3. The third-order valence-electron chi connectivity index (χ3n) is 2.69. The van der Waals surface area contributed by atoms with Gasteiger partial charge in [0.25, 0.3) is 0 Å². The van der Waals surface area contributed by atoms with Crippen molar-refractivity contribution < 1.29 is 4.74 Å². The van der Waals surface area contributed by atoms with Gasteiger partial charge >= 0.3 is 0 Å². The second-order valence-corrected chi connectivity index (χ2v) is 4.74. The van der Waals surface area contributed by atoms with Crippen molar-refractivity contribution in [3.63, 3.8) is 0 Å². The Balaban J connectivity index is 2.34. The summed E-state index contributed by atoms with van der Waals surface area (Å²) in [6.07, 6.45) is 3.06. The minimum absolute atomic E-state index is 0.00583. The van der Waals surface area contributed by atoms with Crippen LogP contribution in [-0.2, 0) is 4.74 Å². The summed E-state index contributed by atoms with van der Waals surface area (Å²) in [5, 5.41) is 4.76. The lowest BCUT2D eigenvalue weighted by atomic mass is 10.0. The largest absolute Gasteiger partial charge is 0.496 e. The van der Waals surface area contributed by atoms with E-state index >= 15 is 0 Å². The molecular formula is C13H15Cl2NO. The van der Waals surface area contributed by atoms with E-state index < -0.39 is 0 Å². The summed E-state index contributed by atoms with van der Waals surface area (Å²) in [5.41, 5.74) is 0.967. The molecule has 17 heavy (non-hydrogen) atoms. The first-order valence-electron chi connectivity index (χ1n) is 5.73. The number of hydrogen-bond acceptors (Lipinski definition) is 2. The van der Waals surface area contributed by atoms with E-state index in [1.807, 2.05) is 12.1 Å². The summed E-state index contributed by atoms with van der Waals surface area (Å²) in [7, 11) is 0. The first-order chi connectivity index (χ1) is 8.22. The topological polar surface area (TPSA) is 21.3 Å². The Morgan fingerprint density at radius 3 is 2.88 bits per heavy atom. The van der Waals surface area contributed by atoms with E-state index in [4.69, 9.17) is 27.9 Å². The Hall–Kier alpha value is -0.700. The molecule has 1 N–H and O–H groups in total. The van der Waals surface area contributed by atoms with Gasteiger partial charge in [0, 0.05) is 16.5 Å². The summed E-state index contributed by atoms with van der Waals surface area (Å²) in [6, 6.07) is 5.49. The Morgan fingerprint density at radius 1 is 1.41 bits per heavy atom. The maximum absolute atomic E-state index is 6.22. The lowest BCUT2D eigenvalue weighted by Gasteiger charge is -2.20. The minimum Gasteiger partial charge on any atom is -0.496 e. The van der Waals surface area contributed by atoms with E-state index in [0.29, 0.717) is 10.0 Å². The fourth-order valence-electron chi connectivity index (χ4n) is 1.94. The molecule has 2 nitrogen and oxygen atoms in total. The van der Waals surface area contributed by atoms with Crippen LogP contribution in [0.4, 0.5) is 0 Å². The van der Waals surface area contributed by atoms with Gasteiger partial charge in [0.15, 0.2) is 0 Å². The summed E-state index contributed by atoms with van der Waals surface area (Å²) >= 11 is 12.2. The Kier molecular flexibility index (Phi) is 4.32. The normalized spacial score (nSPS) is 16.5. The van der Waals surface area contributed by atoms with Crippen molar-refractivity contribution in [3.8, 4) is 0 Å². The number of rotatable bonds is 4. The second kappa shape index (κ2) is 5.76. The van der Waals surface area contributed by atoms with Crippen molar-refractivity contribution in [1.82, 2.24) is 5.32 Å². The van der Waals surface area contributed by atoms with Crippen LogP contribution in [0.1, 0.15) is 24.9 Å². The van der Waals surface area contributed by atoms with Crippen molar-refractivity contribution in [3.05, 3.63) is 45.6 Å². The van der Waals surface area contributed by atoms with Gasteiger partial charge < -0.3 is 10.1 Å². The van der Waals surface area contributed by atoms with Crippen molar-refractivity contribution in [2.75, 3.05) is 13.2 Å². The van der Waals surface area contributed by atoms with Crippen molar-refractivity contribution in [2.24, 2.45) is 0 Å². The maximum Gasteiger partial charge on any atom is 0.114 e. The molecule has 0 fully saturated rings. The molecule has 0 saturated carbocycles. The highest BCUT2D eigenvalue weighted by molar-refractivity contribution is 6.33. The highest BCUT2D eigenvalue weighted by atomic mass is 35.5. The smallest absolute Gasteiger partial charge is 0.114 e. The summed E-state index contributed by atoms with van der Waals surface area (Å²) in [4.78, 5) is 0. The molecule has 1 heterocycles. The number of benzene rings is 1. The molecule has 2 rings (SSSR count). The molecule has 4 heteroatoms. The van der Waals surface area contributed by atoms with E-state index in [1.54, 1.807) is 6.07 Å². The molecule has 0 bridgehead atoms. The average Bonchev–Trinajstić information content (AvgIpc) is 2.83. The van der Waals surface area contributed by atoms with Gasteiger partial charge in [0.1, 0.15) is 5.76 Å². The lowest BCUT2D eigenvalue weighted by molar-refractivity contribution is 0.216. The first-order valence-corrected chi connectivity index (χ1v) is 6.49. The molecule has 1 aliphatic rings. The predicted molar refractivity (Wildman–Crippen MR) is 71.5 cm³/mol. The summed E-state index contributed by atoms with van der Waals surface area (Å²) in [6.45, 7) is 3.64. The molecule has 0 amide bonds. The number of halogens is 2. The van der Waals surface area contributed by atoms with Crippen molar-refractivity contribution in [1.29, 1.82) is 0 Å². The lowest BCUT2D eigenvalue weighted by Crippen LogP contribution is -2.23. The van der Waals surface area contributed by atoms with Gasteiger partial charge in [0.2, 0.25) is 0 Å². The molecule has 0 radical (unpaired) electrons. The number of nitrogens with one attached hydrogen (secondary N) is 1. The molecule has 0 saturated heterocycles. The van der Waals surface area contributed by atoms with E-state index in [9.17, 15) is 0 Å². The van der Waals surface area contributed by atoms with E-state index in [-0.39, 0.29) is 6.04 Å². The first kappa shape index (κ1) is 12.7. The zero-order valence-corrected chi connectivity index (χ0v) is 11.2. The van der Waals surface area contributed by atoms with Gasteiger partial charge in [-0.1, -0.05) is 30.1 Å². The minimum atomic E-state index is -0.00583. The Bertz CT molecular complexity index is 431. The third-order valence-corrected chi connectivity index (χ3v) is 3.27. The second-order valence-electron chi connectivity index (χ2n) is 3.90. The van der Waals surface area contributed by atoms with Crippen LogP contribution < -0.4 is 5.32 Å². The molecule has 92 valence electrons. The Morgan fingerprint density at radius 2 is 2.24 bits per heavy atom. The van der Waals surface area contributed by atoms with Gasteiger partial charge in [-0.05, 0) is 36.4 Å².